The monoisotopic (exact) mass is 315 g/mol. The maximum absolute atomic E-state index is 12.3. The van der Waals surface area contributed by atoms with Gasteiger partial charge < -0.3 is 15.0 Å². The molecule has 0 bridgehead atoms. The zero-order valence-corrected chi connectivity index (χ0v) is 13.7. The highest BCUT2D eigenvalue weighted by atomic mass is 32.2. The molecule has 1 aromatic carbocycles. The average Bonchev–Trinajstić information content (AvgIpc) is 2.43. The lowest BCUT2D eigenvalue weighted by atomic mass is 10.2. The fourth-order valence-corrected chi connectivity index (χ4v) is 3.03. The maximum atomic E-state index is 12.3. The molecule has 0 saturated carbocycles. The lowest BCUT2D eigenvalue weighted by molar-refractivity contribution is 0.122. The molecule has 0 fully saturated rings. The number of hydrogen-bond acceptors (Lipinski definition) is 5. The summed E-state index contributed by atoms with van der Waals surface area (Å²) in [7, 11) is 2.22. The number of nitrogens with one attached hydrogen (secondary N) is 2. The normalized spacial score (nSPS) is 12.0. The summed E-state index contributed by atoms with van der Waals surface area (Å²) in [6, 6.07) is 6.97. The first-order valence-corrected chi connectivity index (χ1v) is 8.40. The van der Waals surface area contributed by atoms with Gasteiger partial charge in [0.05, 0.1) is 18.1 Å². The van der Waals surface area contributed by atoms with Crippen LogP contribution in [0.25, 0.3) is 0 Å². The molecule has 0 unspecified atom stereocenters. The molecule has 7 heteroatoms. The van der Waals surface area contributed by atoms with Crippen molar-refractivity contribution in [2.24, 2.45) is 0 Å². The fourth-order valence-electron chi connectivity index (χ4n) is 1.78. The van der Waals surface area contributed by atoms with Crippen molar-refractivity contribution in [2.45, 2.75) is 11.4 Å². The average molecular weight is 315 g/mol. The summed E-state index contributed by atoms with van der Waals surface area (Å²) in [6.07, 6.45) is 0. The summed E-state index contributed by atoms with van der Waals surface area (Å²) in [5.74, 6) is 0. The number of sulfonamides is 1. The summed E-state index contributed by atoms with van der Waals surface area (Å²) in [6.45, 7) is 2.55. The van der Waals surface area contributed by atoms with Crippen molar-refractivity contribution < 1.29 is 13.2 Å². The molecule has 0 aromatic heterocycles. The van der Waals surface area contributed by atoms with E-state index in [9.17, 15) is 8.42 Å². The Morgan fingerprint density at radius 3 is 2.57 bits per heavy atom. The molecule has 0 heterocycles. The second-order valence-electron chi connectivity index (χ2n) is 4.95. The Hall–Kier alpha value is -0.990. The zero-order chi connectivity index (χ0) is 15.7. The molecule has 0 amide bonds. The highest BCUT2D eigenvalue weighted by Gasteiger charge is 2.16. The van der Waals surface area contributed by atoms with Crippen LogP contribution in [0.3, 0.4) is 0 Å². The first kappa shape index (κ1) is 18.1. The third kappa shape index (κ3) is 6.54. The fraction of sp³-hybridized carbons (Fsp3) is 0.571. The number of likely N-dealkylation sites (N-methyl/N-ethyl adjacent to an activating group) is 1. The number of ether oxygens (including phenoxy) is 1. The molecule has 0 spiro atoms. The first-order chi connectivity index (χ1) is 9.97. The molecule has 0 radical (unpaired) electrons. The van der Waals surface area contributed by atoms with Crippen LogP contribution in [0, 0.1) is 0 Å². The highest BCUT2D eigenvalue weighted by molar-refractivity contribution is 7.89. The smallest absolute Gasteiger partial charge is 0.240 e. The summed E-state index contributed by atoms with van der Waals surface area (Å²) in [5, 5.41) is 2.97. The van der Waals surface area contributed by atoms with Gasteiger partial charge in [-0.3, -0.25) is 0 Å². The topological polar surface area (TPSA) is 70.7 Å². The molecule has 21 heavy (non-hydrogen) atoms. The predicted molar refractivity (Wildman–Crippen MR) is 83.8 cm³/mol. The molecule has 0 aliphatic heterocycles. The van der Waals surface area contributed by atoms with Crippen LogP contribution in [-0.2, 0) is 21.3 Å². The largest absolute Gasteiger partial charge is 0.379 e. The Balaban J connectivity index is 2.50. The summed E-state index contributed by atoms with van der Waals surface area (Å²) in [4.78, 5) is 2.32. The SMILES string of the molecule is CNCc1ccccc1S(=O)(=O)NCCOCCN(C)C. The molecule has 0 saturated heterocycles. The van der Waals surface area contributed by atoms with E-state index < -0.39 is 10.0 Å². The van der Waals surface area contributed by atoms with Crippen LogP contribution in [0.5, 0.6) is 0 Å². The lowest BCUT2D eigenvalue weighted by Crippen LogP contribution is -2.29. The number of nitrogens with zero attached hydrogens (tertiary/aromatic N) is 1. The standard InChI is InChI=1S/C14H25N3O3S/c1-15-12-13-6-4-5-7-14(13)21(18,19)16-8-10-20-11-9-17(2)3/h4-7,15-16H,8-12H2,1-3H3. The van der Waals surface area contributed by atoms with Crippen LogP contribution < -0.4 is 10.0 Å². The lowest BCUT2D eigenvalue weighted by Gasteiger charge is -2.12. The van der Waals surface area contributed by atoms with Crippen LogP contribution in [-0.4, -0.2) is 60.8 Å². The van der Waals surface area contributed by atoms with Crippen molar-refractivity contribution in [1.82, 2.24) is 14.9 Å². The van der Waals surface area contributed by atoms with Gasteiger partial charge in [0, 0.05) is 19.6 Å². The van der Waals surface area contributed by atoms with E-state index in [1.165, 1.54) is 0 Å². The van der Waals surface area contributed by atoms with Crippen molar-refractivity contribution in [3.63, 3.8) is 0 Å². The summed E-state index contributed by atoms with van der Waals surface area (Å²) < 4.78 is 32.5. The quantitative estimate of drug-likeness (QED) is 0.606. The third-order valence-corrected chi connectivity index (χ3v) is 4.41. The molecule has 2 N–H and O–H groups in total. The zero-order valence-electron chi connectivity index (χ0n) is 12.9. The molecule has 6 nitrogen and oxygen atoms in total. The van der Waals surface area contributed by atoms with Gasteiger partial charge in [-0.25, -0.2) is 13.1 Å². The van der Waals surface area contributed by atoms with E-state index in [2.05, 4.69) is 10.0 Å². The van der Waals surface area contributed by atoms with Gasteiger partial charge in [0.15, 0.2) is 0 Å². The van der Waals surface area contributed by atoms with Crippen LogP contribution in [0.2, 0.25) is 0 Å². The Kier molecular flexibility index (Phi) is 7.84. The number of benzene rings is 1. The van der Waals surface area contributed by atoms with Gasteiger partial charge in [-0.2, -0.15) is 0 Å². The van der Waals surface area contributed by atoms with Crippen LogP contribution >= 0.6 is 0 Å². The van der Waals surface area contributed by atoms with Crippen LogP contribution in [0.4, 0.5) is 0 Å². The van der Waals surface area contributed by atoms with E-state index in [1.807, 2.05) is 25.1 Å². The van der Waals surface area contributed by atoms with Gasteiger partial charge in [-0.15, -0.1) is 0 Å². The van der Waals surface area contributed by atoms with Crippen molar-refractivity contribution in [2.75, 3.05) is 47.4 Å². The second kappa shape index (κ2) is 9.11. The van der Waals surface area contributed by atoms with E-state index in [-0.39, 0.29) is 6.54 Å². The van der Waals surface area contributed by atoms with Gasteiger partial charge in [-0.1, -0.05) is 18.2 Å². The van der Waals surface area contributed by atoms with E-state index in [4.69, 9.17) is 4.74 Å². The third-order valence-electron chi connectivity index (χ3n) is 2.85. The van der Waals surface area contributed by atoms with Crippen LogP contribution in [0.1, 0.15) is 5.56 Å². The highest BCUT2D eigenvalue weighted by Crippen LogP contribution is 2.14. The van der Waals surface area contributed by atoms with Crippen molar-refractivity contribution in [1.29, 1.82) is 0 Å². The second-order valence-corrected chi connectivity index (χ2v) is 6.69. The molecule has 0 atom stereocenters. The van der Waals surface area contributed by atoms with Gasteiger partial charge in [0.25, 0.3) is 0 Å². The van der Waals surface area contributed by atoms with Gasteiger partial charge in [0.1, 0.15) is 0 Å². The Bertz CT molecular complexity index is 518. The minimum Gasteiger partial charge on any atom is -0.379 e. The summed E-state index contributed by atoms with van der Waals surface area (Å²) >= 11 is 0. The number of rotatable bonds is 10. The van der Waals surface area contributed by atoms with E-state index >= 15 is 0 Å². The van der Waals surface area contributed by atoms with Gasteiger partial charge in [-0.05, 0) is 32.8 Å². The molecule has 0 aliphatic rings. The van der Waals surface area contributed by atoms with E-state index in [1.54, 1.807) is 25.2 Å². The van der Waals surface area contributed by atoms with Crippen LogP contribution in [0.15, 0.2) is 29.2 Å². The van der Waals surface area contributed by atoms with Gasteiger partial charge >= 0.3 is 0 Å². The van der Waals surface area contributed by atoms with Crippen molar-refractivity contribution in [3.05, 3.63) is 29.8 Å². The van der Waals surface area contributed by atoms with Crippen molar-refractivity contribution in [3.8, 4) is 0 Å². The molecular weight excluding hydrogens is 290 g/mol. The minimum absolute atomic E-state index is 0.268. The molecule has 1 rings (SSSR count). The molecule has 120 valence electrons. The Labute approximate surface area is 127 Å². The molecular formula is C14H25N3O3S. The first-order valence-electron chi connectivity index (χ1n) is 6.92. The number of hydrogen-bond donors (Lipinski definition) is 2. The molecule has 1 aromatic rings. The summed E-state index contributed by atoms with van der Waals surface area (Å²) in [5.41, 5.74) is 0.751. The predicted octanol–water partition coefficient (Wildman–Crippen LogP) is 0.263. The Morgan fingerprint density at radius 1 is 1.19 bits per heavy atom. The van der Waals surface area contributed by atoms with E-state index in [0.717, 1.165) is 12.1 Å². The maximum Gasteiger partial charge on any atom is 0.240 e. The molecule has 0 aliphatic carbocycles. The van der Waals surface area contributed by atoms with Gasteiger partial charge in [0.2, 0.25) is 10.0 Å². The Morgan fingerprint density at radius 2 is 1.90 bits per heavy atom. The van der Waals surface area contributed by atoms with Crippen molar-refractivity contribution >= 4 is 10.0 Å². The van der Waals surface area contributed by atoms with E-state index in [0.29, 0.717) is 24.7 Å². The minimum atomic E-state index is -3.50.